The molecular formula is C11H16N2. The Morgan fingerprint density at radius 2 is 2.31 bits per heavy atom. The molecule has 2 heterocycles. The maximum absolute atomic E-state index is 4.56. The summed E-state index contributed by atoms with van der Waals surface area (Å²) in [7, 11) is 2.18. The van der Waals surface area contributed by atoms with Gasteiger partial charge in [0.1, 0.15) is 0 Å². The Labute approximate surface area is 79.6 Å². The molecule has 0 aliphatic carbocycles. The molecule has 2 rings (SSSR count). The summed E-state index contributed by atoms with van der Waals surface area (Å²) in [6, 6.07) is 6.85. The predicted octanol–water partition coefficient (Wildman–Crippen LogP) is 2.16. The number of aromatic nitrogens is 1. The lowest BCUT2D eigenvalue weighted by molar-refractivity contribution is 0.311. The van der Waals surface area contributed by atoms with Crippen LogP contribution in [0.15, 0.2) is 18.2 Å². The molecule has 1 aliphatic heterocycles. The van der Waals surface area contributed by atoms with E-state index in [4.69, 9.17) is 0 Å². The fourth-order valence-electron chi connectivity index (χ4n) is 2.03. The van der Waals surface area contributed by atoms with Gasteiger partial charge in [-0.05, 0) is 45.5 Å². The second-order valence-corrected chi connectivity index (χ2v) is 3.84. The number of hydrogen-bond acceptors (Lipinski definition) is 2. The van der Waals surface area contributed by atoms with Crippen LogP contribution >= 0.6 is 0 Å². The summed E-state index contributed by atoms with van der Waals surface area (Å²) in [6.45, 7) is 3.26. The van der Waals surface area contributed by atoms with E-state index < -0.39 is 0 Å². The van der Waals surface area contributed by atoms with Gasteiger partial charge >= 0.3 is 0 Å². The summed E-state index contributed by atoms with van der Waals surface area (Å²) in [5, 5.41) is 0. The Bertz CT molecular complexity index is 296. The molecule has 1 aliphatic rings. The number of aryl methyl sites for hydroxylation is 1. The van der Waals surface area contributed by atoms with Gasteiger partial charge in [0.2, 0.25) is 0 Å². The average molecular weight is 176 g/mol. The summed E-state index contributed by atoms with van der Waals surface area (Å²) in [6.07, 6.45) is 2.56. The van der Waals surface area contributed by atoms with Crippen molar-refractivity contribution >= 4 is 0 Å². The summed E-state index contributed by atoms with van der Waals surface area (Å²) >= 11 is 0. The highest BCUT2D eigenvalue weighted by Gasteiger charge is 2.23. The van der Waals surface area contributed by atoms with Crippen LogP contribution in [0.5, 0.6) is 0 Å². The largest absolute Gasteiger partial charge is 0.298 e. The van der Waals surface area contributed by atoms with E-state index in [2.05, 4.69) is 42.1 Å². The molecule has 0 amide bonds. The molecule has 1 unspecified atom stereocenters. The molecule has 0 aromatic carbocycles. The number of likely N-dealkylation sites (tertiary alicyclic amines) is 1. The zero-order valence-corrected chi connectivity index (χ0v) is 8.33. The second-order valence-electron chi connectivity index (χ2n) is 3.84. The second kappa shape index (κ2) is 3.46. The van der Waals surface area contributed by atoms with Crippen LogP contribution in [-0.4, -0.2) is 23.5 Å². The molecule has 2 nitrogen and oxygen atoms in total. The van der Waals surface area contributed by atoms with Crippen LogP contribution in [0.4, 0.5) is 0 Å². The van der Waals surface area contributed by atoms with Gasteiger partial charge in [-0.1, -0.05) is 6.07 Å². The van der Waals surface area contributed by atoms with Crippen LogP contribution in [0.1, 0.15) is 30.3 Å². The van der Waals surface area contributed by atoms with Crippen molar-refractivity contribution in [3.05, 3.63) is 29.6 Å². The van der Waals surface area contributed by atoms with Gasteiger partial charge in [0.25, 0.3) is 0 Å². The van der Waals surface area contributed by atoms with Crippen molar-refractivity contribution in [3.63, 3.8) is 0 Å². The Balaban J connectivity index is 2.24. The lowest BCUT2D eigenvalue weighted by Gasteiger charge is -2.18. The summed E-state index contributed by atoms with van der Waals surface area (Å²) in [5.74, 6) is 0. The first-order valence-corrected chi connectivity index (χ1v) is 4.91. The Kier molecular flexibility index (Phi) is 2.32. The molecule has 2 heteroatoms. The molecule has 1 saturated heterocycles. The van der Waals surface area contributed by atoms with E-state index >= 15 is 0 Å². The monoisotopic (exact) mass is 176 g/mol. The molecule has 1 atom stereocenters. The highest BCUT2D eigenvalue weighted by molar-refractivity contribution is 5.14. The molecular weight excluding hydrogens is 160 g/mol. The van der Waals surface area contributed by atoms with E-state index in [0.717, 1.165) is 5.69 Å². The molecule has 0 bridgehead atoms. The fourth-order valence-corrected chi connectivity index (χ4v) is 2.03. The smallest absolute Gasteiger partial charge is 0.0578 e. The molecule has 70 valence electrons. The number of rotatable bonds is 1. The van der Waals surface area contributed by atoms with E-state index in [0.29, 0.717) is 6.04 Å². The highest BCUT2D eigenvalue weighted by Crippen LogP contribution is 2.28. The van der Waals surface area contributed by atoms with Crippen molar-refractivity contribution in [2.24, 2.45) is 0 Å². The Hall–Kier alpha value is -0.890. The van der Waals surface area contributed by atoms with Crippen LogP contribution in [0, 0.1) is 6.92 Å². The van der Waals surface area contributed by atoms with Gasteiger partial charge in [0.15, 0.2) is 0 Å². The predicted molar refractivity (Wildman–Crippen MR) is 53.6 cm³/mol. The molecule has 0 spiro atoms. The maximum Gasteiger partial charge on any atom is 0.0578 e. The van der Waals surface area contributed by atoms with Crippen LogP contribution in [-0.2, 0) is 0 Å². The zero-order valence-electron chi connectivity index (χ0n) is 8.33. The third-order valence-corrected chi connectivity index (χ3v) is 2.77. The van der Waals surface area contributed by atoms with Gasteiger partial charge in [-0.3, -0.25) is 9.88 Å². The minimum atomic E-state index is 0.555. The van der Waals surface area contributed by atoms with Crippen molar-refractivity contribution in [2.75, 3.05) is 13.6 Å². The van der Waals surface area contributed by atoms with Crippen molar-refractivity contribution in [3.8, 4) is 0 Å². The lowest BCUT2D eigenvalue weighted by atomic mass is 10.1. The van der Waals surface area contributed by atoms with E-state index in [1.807, 2.05) is 0 Å². The van der Waals surface area contributed by atoms with E-state index in [1.165, 1.54) is 25.1 Å². The third kappa shape index (κ3) is 1.73. The van der Waals surface area contributed by atoms with Gasteiger partial charge in [-0.15, -0.1) is 0 Å². The van der Waals surface area contributed by atoms with Crippen molar-refractivity contribution < 1.29 is 0 Å². The molecule has 1 aromatic heterocycles. The zero-order chi connectivity index (χ0) is 9.26. The van der Waals surface area contributed by atoms with Gasteiger partial charge in [0.05, 0.1) is 11.7 Å². The van der Waals surface area contributed by atoms with Gasteiger partial charge < -0.3 is 0 Å². The molecule has 0 saturated carbocycles. The minimum absolute atomic E-state index is 0.555. The van der Waals surface area contributed by atoms with Crippen LogP contribution < -0.4 is 0 Å². The lowest BCUT2D eigenvalue weighted by Crippen LogP contribution is -2.18. The number of pyridine rings is 1. The molecule has 0 N–H and O–H groups in total. The average Bonchev–Trinajstić information content (AvgIpc) is 2.51. The number of hydrogen-bond donors (Lipinski definition) is 0. The third-order valence-electron chi connectivity index (χ3n) is 2.77. The minimum Gasteiger partial charge on any atom is -0.298 e. The van der Waals surface area contributed by atoms with Crippen LogP contribution in [0.25, 0.3) is 0 Å². The van der Waals surface area contributed by atoms with Gasteiger partial charge in [0, 0.05) is 5.69 Å². The van der Waals surface area contributed by atoms with E-state index in [9.17, 15) is 0 Å². The van der Waals surface area contributed by atoms with Crippen LogP contribution in [0.2, 0.25) is 0 Å². The Morgan fingerprint density at radius 3 is 2.92 bits per heavy atom. The highest BCUT2D eigenvalue weighted by atomic mass is 15.2. The quantitative estimate of drug-likeness (QED) is 0.652. The van der Waals surface area contributed by atoms with E-state index in [1.54, 1.807) is 0 Å². The first-order valence-electron chi connectivity index (χ1n) is 4.91. The molecule has 1 aromatic rings. The summed E-state index contributed by atoms with van der Waals surface area (Å²) in [5.41, 5.74) is 2.36. The summed E-state index contributed by atoms with van der Waals surface area (Å²) in [4.78, 5) is 6.95. The van der Waals surface area contributed by atoms with Crippen molar-refractivity contribution in [1.82, 2.24) is 9.88 Å². The summed E-state index contributed by atoms with van der Waals surface area (Å²) < 4.78 is 0. The molecule has 13 heavy (non-hydrogen) atoms. The first-order chi connectivity index (χ1) is 6.27. The number of nitrogens with zero attached hydrogens (tertiary/aromatic N) is 2. The fraction of sp³-hybridized carbons (Fsp3) is 0.545. The first kappa shape index (κ1) is 8.70. The standard InChI is InChI=1S/C11H16N2/c1-9-5-3-6-10(12-9)11-7-4-8-13(11)2/h3,5-6,11H,4,7-8H2,1-2H3. The molecule has 0 radical (unpaired) electrons. The van der Waals surface area contributed by atoms with Crippen LogP contribution in [0.3, 0.4) is 0 Å². The SMILES string of the molecule is Cc1cccc(C2CCCN2C)n1. The maximum atomic E-state index is 4.56. The van der Waals surface area contributed by atoms with Gasteiger partial charge in [-0.25, -0.2) is 0 Å². The van der Waals surface area contributed by atoms with Crippen molar-refractivity contribution in [1.29, 1.82) is 0 Å². The van der Waals surface area contributed by atoms with E-state index in [-0.39, 0.29) is 0 Å². The molecule has 1 fully saturated rings. The Morgan fingerprint density at radius 1 is 1.46 bits per heavy atom. The normalized spacial score (nSPS) is 23.7. The topological polar surface area (TPSA) is 16.1 Å². The van der Waals surface area contributed by atoms with Gasteiger partial charge in [-0.2, -0.15) is 0 Å². The van der Waals surface area contributed by atoms with Crippen molar-refractivity contribution in [2.45, 2.75) is 25.8 Å².